The number of hydrogen-bond donors (Lipinski definition) is 0. The summed E-state index contributed by atoms with van der Waals surface area (Å²) in [4.78, 5) is 0. The van der Waals surface area contributed by atoms with E-state index in [4.69, 9.17) is 19.1 Å². The van der Waals surface area contributed by atoms with Crippen LogP contribution in [0.1, 0.15) is 26.7 Å². The molecule has 0 aliphatic rings. The molecule has 4 heteroatoms. The Labute approximate surface area is 141 Å². The summed E-state index contributed by atoms with van der Waals surface area (Å²) in [5.74, 6) is 0. The standard InChI is InChI=1S/C12H11P.C4H10.2ClH.Pd/c1-3-7-11(8-4-1)13-12-9-5-2-6-10-12;1-3-4-2;;;/h1-10,13H;3-4H2,1-2H3;2*1H;/q;;;;+2/p-2. The van der Waals surface area contributed by atoms with Crippen LogP contribution in [0.5, 0.6) is 0 Å². The van der Waals surface area contributed by atoms with Gasteiger partial charge in [-0.3, -0.25) is 0 Å². The Balaban J connectivity index is 0.000000438. The van der Waals surface area contributed by atoms with Crippen molar-refractivity contribution in [3.63, 3.8) is 0 Å². The first-order valence-electron chi connectivity index (χ1n) is 6.47. The Kier molecular flexibility index (Phi) is 15.6. The summed E-state index contributed by atoms with van der Waals surface area (Å²) in [7, 11) is 10.4. The molecule has 0 atom stereocenters. The molecule has 0 saturated heterocycles. The van der Waals surface area contributed by atoms with E-state index in [9.17, 15) is 0 Å². The molecule has 0 aliphatic heterocycles. The molecule has 0 radical (unpaired) electrons. The van der Waals surface area contributed by atoms with Gasteiger partial charge in [-0.2, -0.15) is 0 Å². The average Bonchev–Trinajstić information content (AvgIpc) is 2.50. The maximum absolute atomic E-state index is 4.81. The van der Waals surface area contributed by atoms with E-state index in [0.29, 0.717) is 0 Å². The zero-order valence-corrected chi connectivity index (χ0v) is 15.8. The second-order valence-corrected chi connectivity index (χ2v) is 7.67. The van der Waals surface area contributed by atoms with Gasteiger partial charge in [0, 0.05) is 0 Å². The molecule has 2 rings (SSSR count). The first-order chi connectivity index (χ1) is 9.78. The first-order valence-corrected chi connectivity index (χ1v) is 11.5. The van der Waals surface area contributed by atoms with Crippen LogP contribution in [0.2, 0.25) is 0 Å². The smallest absolute Gasteiger partial charge is 0.0226 e. The van der Waals surface area contributed by atoms with Gasteiger partial charge in [0.2, 0.25) is 0 Å². The maximum Gasteiger partial charge on any atom is -0.0226 e. The average molecular weight is 422 g/mol. The first kappa shape index (κ1) is 20.1. The summed E-state index contributed by atoms with van der Waals surface area (Å²) in [6, 6.07) is 21.2. The summed E-state index contributed by atoms with van der Waals surface area (Å²) in [5, 5.41) is 2.79. The van der Waals surface area contributed by atoms with E-state index >= 15 is 0 Å². The van der Waals surface area contributed by atoms with Gasteiger partial charge in [-0.05, 0) is 10.6 Å². The minimum absolute atomic E-state index is 0.106. The van der Waals surface area contributed by atoms with Crippen LogP contribution in [-0.2, 0) is 15.9 Å². The van der Waals surface area contributed by atoms with Gasteiger partial charge in [0.05, 0.1) is 0 Å². The summed E-state index contributed by atoms with van der Waals surface area (Å²) in [6.07, 6.45) is 2.64. The molecule has 0 spiro atoms. The van der Waals surface area contributed by atoms with Crippen LogP contribution in [0.4, 0.5) is 0 Å². The van der Waals surface area contributed by atoms with E-state index in [1.807, 2.05) is 0 Å². The molecule has 0 unspecified atom stereocenters. The molecular formula is C16H21Cl2PPd. The quantitative estimate of drug-likeness (QED) is 0.453. The second-order valence-electron chi connectivity index (χ2n) is 3.90. The van der Waals surface area contributed by atoms with Crippen LogP contribution in [-0.4, -0.2) is 0 Å². The van der Waals surface area contributed by atoms with E-state index in [1.54, 1.807) is 0 Å². The summed E-state index contributed by atoms with van der Waals surface area (Å²) in [6.45, 7) is 4.36. The fraction of sp³-hybridized carbons (Fsp3) is 0.250. The van der Waals surface area contributed by atoms with Crippen LogP contribution in [0, 0.1) is 0 Å². The fourth-order valence-corrected chi connectivity index (χ4v) is 2.26. The van der Waals surface area contributed by atoms with Crippen molar-refractivity contribution in [2.24, 2.45) is 0 Å². The molecule has 0 N–H and O–H groups in total. The monoisotopic (exact) mass is 420 g/mol. The minimum Gasteiger partial charge on any atom is -0.0622 e. The third kappa shape index (κ3) is 11.9. The van der Waals surface area contributed by atoms with E-state index < -0.39 is 0 Å². The largest absolute Gasteiger partial charge is 0.0622 e. The molecule has 20 heavy (non-hydrogen) atoms. The normalized spacial score (nSPS) is 9.00. The van der Waals surface area contributed by atoms with Crippen LogP contribution in [0.15, 0.2) is 60.7 Å². The van der Waals surface area contributed by atoms with Gasteiger partial charge >= 0.3 is 35.0 Å². The molecule has 0 fully saturated rings. The van der Waals surface area contributed by atoms with Crippen molar-refractivity contribution >= 4 is 38.2 Å². The molecular weight excluding hydrogens is 400 g/mol. The van der Waals surface area contributed by atoms with Gasteiger partial charge in [0.15, 0.2) is 0 Å². The summed E-state index contributed by atoms with van der Waals surface area (Å²) in [5.41, 5.74) is 0. The number of benzene rings is 2. The predicted octanol–water partition coefficient (Wildman–Crippen LogP) is 5.50. The molecule has 0 amide bonds. The Bertz CT molecular complexity index is 370. The van der Waals surface area contributed by atoms with Gasteiger partial charge in [-0.15, -0.1) is 0 Å². The zero-order chi connectivity index (χ0) is 15.1. The number of rotatable bonds is 3. The molecule has 2 aromatic carbocycles. The second kappa shape index (κ2) is 15.5. The maximum atomic E-state index is 4.81. The molecule has 0 saturated carbocycles. The van der Waals surface area contributed by atoms with E-state index in [-0.39, 0.29) is 15.9 Å². The summed E-state index contributed by atoms with van der Waals surface area (Å²) >= 11 is -0.106. The van der Waals surface area contributed by atoms with E-state index in [1.165, 1.54) is 23.5 Å². The van der Waals surface area contributed by atoms with Crippen LogP contribution < -0.4 is 10.6 Å². The number of unbranched alkanes of at least 4 members (excludes halogenated alkanes) is 1. The van der Waals surface area contributed by atoms with E-state index in [0.717, 1.165) is 8.58 Å². The Morgan fingerprint density at radius 1 is 0.750 bits per heavy atom. The third-order valence-electron chi connectivity index (χ3n) is 2.34. The Hall–Kier alpha value is 0.112. The number of halogens is 2. The molecule has 0 nitrogen and oxygen atoms in total. The molecule has 0 aromatic heterocycles. The predicted molar refractivity (Wildman–Crippen MR) is 92.8 cm³/mol. The van der Waals surface area contributed by atoms with Crippen molar-refractivity contribution in [2.45, 2.75) is 26.7 Å². The number of hydrogen-bond acceptors (Lipinski definition) is 0. The zero-order valence-electron chi connectivity index (χ0n) is 11.8. The van der Waals surface area contributed by atoms with Crippen molar-refractivity contribution in [2.75, 3.05) is 0 Å². The van der Waals surface area contributed by atoms with Crippen molar-refractivity contribution < 1.29 is 15.9 Å². The van der Waals surface area contributed by atoms with Crippen LogP contribution in [0.25, 0.3) is 0 Å². The fourth-order valence-electron chi connectivity index (χ4n) is 1.21. The Morgan fingerprint density at radius 3 is 1.30 bits per heavy atom. The van der Waals surface area contributed by atoms with Gasteiger partial charge in [-0.25, -0.2) is 0 Å². The van der Waals surface area contributed by atoms with E-state index in [2.05, 4.69) is 74.5 Å². The van der Waals surface area contributed by atoms with Crippen LogP contribution in [0.3, 0.4) is 0 Å². The molecule has 0 heterocycles. The minimum atomic E-state index is -0.106. The van der Waals surface area contributed by atoms with Crippen molar-refractivity contribution in [1.29, 1.82) is 0 Å². The van der Waals surface area contributed by atoms with Crippen molar-refractivity contribution in [3.05, 3.63) is 60.7 Å². The Morgan fingerprint density at radius 2 is 1.05 bits per heavy atom. The summed E-state index contributed by atoms with van der Waals surface area (Å²) < 4.78 is 0. The molecule has 0 aliphatic carbocycles. The van der Waals surface area contributed by atoms with Gasteiger partial charge < -0.3 is 0 Å². The van der Waals surface area contributed by atoms with Crippen LogP contribution >= 0.6 is 27.6 Å². The third-order valence-corrected chi connectivity index (χ3v) is 3.58. The van der Waals surface area contributed by atoms with Crippen molar-refractivity contribution in [1.82, 2.24) is 0 Å². The molecule has 114 valence electrons. The molecule has 0 bridgehead atoms. The SMILES string of the molecule is CCCC.[Cl][Pd][Cl].c1ccc(Pc2ccccc2)cc1. The van der Waals surface area contributed by atoms with Gasteiger partial charge in [-0.1, -0.05) is 95.9 Å². The van der Waals surface area contributed by atoms with Gasteiger partial charge in [0.1, 0.15) is 0 Å². The molecule has 2 aromatic rings. The van der Waals surface area contributed by atoms with Gasteiger partial charge in [0.25, 0.3) is 0 Å². The van der Waals surface area contributed by atoms with Crippen molar-refractivity contribution in [3.8, 4) is 0 Å². The topological polar surface area (TPSA) is 0 Å².